The van der Waals surface area contributed by atoms with Gasteiger partial charge in [-0.3, -0.25) is 19.3 Å². The number of anilines is 2. The number of carbonyl (C=O) groups is 4. The number of carbonyl (C=O) groups excluding carboxylic acids is 4. The summed E-state index contributed by atoms with van der Waals surface area (Å²) in [6, 6.07) is 13.8. The molecule has 0 radical (unpaired) electrons. The van der Waals surface area contributed by atoms with Gasteiger partial charge < -0.3 is 24.7 Å². The van der Waals surface area contributed by atoms with Crippen molar-refractivity contribution in [1.29, 1.82) is 0 Å². The van der Waals surface area contributed by atoms with Crippen LogP contribution >= 0.6 is 0 Å². The monoisotopic (exact) mass is 505 g/mol. The van der Waals surface area contributed by atoms with Crippen LogP contribution < -0.4 is 20.3 Å². The quantitative estimate of drug-likeness (QED) is 0.471. The maximum atomic E-state index is 13.9. The van der Waals surface area contributed by atoms with Crippen molar-refractivity contribution in [2.75, 3.05) is 24.4 Å². The largest absolute Gasteiger partial charge is 0.496 e. The number of benzene rings is 2. The molecule has 3 aromatic rings. The van der Waals surface area contributed by atoms with Crippen LogP contribution in [-0.4, -0.2) is 53.0 Å². The van der Waals surface area contributed by atoms with Crippen molar-refractivity contribution in [3.05, 3.63) is 71.8 Å². The number of para-hydroxylation sites is 1. The molecule has 0 bridgehead atoms. The highest BCUT2D eigenvalue weighted by atomic mass is 16.5. The molecule has 0 spiro atoms. The normalized spacial score (nSPS) is 16.5. The van der Waals surface area contributed by atoms with Gasteiger partial charge in [0.2, 0.25) is 11.8 Å². The zero-order chi connectivity index (χ0) is 26.7. The highest BCUT2D eigenvalue weighted by molar-refractivity contribution is 6.15. The van der Waals surface area contributed by atoms with Gasteiger partial charge in [0.1, 0.15) is 17.0 Å². The summed E-state index contributed by atoms with van der Waals surface area (Å²) in [5, 5.41) is 5.59. The smallest absolute Gasteiger partial charge is 0.359 e. The summed E-state index contributed by atoms with van der Waals surface area (Å²) in [7, 11) is 2.75. The maximum Gasteiger partial charge on any atom is 0.359 e. The van der Waals surface area contributed by atoms with Crippen molar-refractivity contribution in [3.8, 4) is 5.75 Å². The van der Waals surface area contributed by atoms with Gasteiger partial charge in [-0.05, 0) is 37.3 Å². The van der Waals surface area contributed by atoms with Crippen LogP contribution in [-0.2, 0) is 27.4 Å². The maximum absolute atomic E-state index is 13.9. The van der Waals surface area contributed by atoms with Crippen LogP contribution in [0.4, 0.5) is 11.4 Å². The first-order valence-electron chi connectivity index (χ1n) is 11.5. The summed E-state index contributed by atoms with van der Waals surface area (Å²) < 4.78 is 11.7. The van der Waals surface area contributed by atoms with Gasteiger partial charge in [0.05, 0.1) is 27.1 Å². The lowest BCUT2D eigenvalue weighted by atomic mass is 9.93. The third-order valence-electron chi connectivity index (χ3n) is 6.16. The van der Waals surface area contributed by atoms with Crippen LogP contribution in [0.1, 0.15) is 40.4 Å². The fourth-order valence-corrected chi connectivity index (χ4v) is 4.39. The fraction of sp³-hybridized carbons (Fsp3) is 0.269. The van der Waals surface area contributed by atoms with E-state index in [1.54, 1.807) is 44.4 Å². The van der Waals surface area contributed by atoms with E-state index in [-0.39, 0.29) is 30.4 Å². The first kappa shape index (κ1) is 25.4. The zero-order valence-electron chi connectivity index (χ0n) is 20.9. The van der Waals surface area contributed by atoms with Crippen LogP contribution in [0.2, 0.25) is 0 Å². The van der Waals surface area contributed by atoms with Crippen molar-refractivity contribution in [3.63, 3.8) is 0 Å². The zero-order valence-corrected chi connectivity index (χ0v) is 20.9. The summed E-state index contributed by atoms with van der Waals surface area (Å²) in [6.45, 7) is 3.24. The number of nitrogens with one attached hydrogen (secondary N) is 2. The van der Waals surface area contributed by atoms with E-state index in [4.69, 9.17) is 9.47 Å². The predicted octanol–water partition coefficient (Wildman–Crippen LogP) is 2.37. The molecule has 192 valence electrons. The molecule has 2 heterocycles. The van der Waals surface area contributed by atoms with Gasteiger partial charge >= 0.3 is 5.97 Å². The van der Waals surface area contributed by atoms with Crippen LogP contribution in [0.15, 0.2) is 54.9 Å². The summed E-state index contributed by atoms with van der Waals surface area (Å²) in [4.78, 5) is 56.7. The first-order chi connectivity index (χ1) is 17.7. The Bertz CT molecular complexity index is 1370. The third kappa shape index (κ3) is 4.75. The van der Waals surface area contributed by atoms with Crippen LogP contribution in [0.5, 0.6) is 5.75 Å². The predicted molar refractivity (Wildman–Crippen MR) is 134 cm³/mol. The van der Waals surface area contributed by atoms with E-state index in [0.717, 1.165) is 5.56 Å². The second-order valence-electron chi connectivity index (χ2n) is 8.70. The Labute approximate surface area is 213 Å². The van der Waals surface area contributed by atoms with Crippen molar-refractivity contribution < 1.29 is 28.7 Å². The topological polar surface area (TPSA) is 132 Å². The Kier molecular flexibility index (Phi) is 6.96. The Morgan fingerprint density at radius 1 is 1.08 bits per heavy atom. The summed E-state index contributed by atoms with van der Waals surface area (Å²) in [5.74, 6) is -1.39. The summed E-state index contributed by atoms with van der Waals surface area (Å²) >= 11 is 0. The molecule has 0 aliphatic carbocycles. The van der Waals surface area contributed by atoms with E-state index >= 15 is 0 Å². The number of methoxy groups -OCH3 is 2. The molecule has 1 atom stereocenters. The number of imidazole rings is 1. The van der Waals surface area contributed by atoms with E-state index in [2.05, 4.69) is 15.6 Å². The molecule has 0 unspecified atom stereocenters. The third-order valence-corrected chi connectivity index (χ3v) is 6.16. The Morgan fingerprint density at radius 3 is 2.43 bits per heavy atom. The lowest BCUT2D eigenvalue weighted by molar-refractivity contribution is -0.126. The molecule has 1 aliphatic rings. The molecule has 11 heteroatoms. The van der Waals surface area contributed by atoms with Gasteiger partial charge in [0.15, 0.2) is 5.69 Å². The van der Waals surface area contributed by atoms with Gasteiger partial charge in [-0.1, -0.05) is 18.2 Å². The number of amides is 3. The van der Waals surface area contributed by atoms with Gasteiger partial charge in [-0.25, -0.2) is 9.78 Å². The first-order valence-corrected chi connectivity index (χ1v) is 11.5. The molecule has 1 aliphatic heterocycles. The fourth-order valence-electron chi connectivity index (χ4n) is 4.39. The standard InChI is InChI=1S/C26H27N5O6/c1-16(32)29-18-9-11-19(12-10-18)31-23(33)22-21(24(34)37-4)28-15-30(22)14-26(31,2)25(35)27-13-17-7-5-6-8-20(17)36-3/h5-12,15H,13-14H2,1-4H3,(H,27,35)(H,29,32)/t26-/m1/s1. The molecule has 1 aromatic heterocycles. The Balaban J connectivity index is 1.74. The number of rotatable bonds is 7. The molecule has 0 saturated carbocycles. The van der Waals surface area contributed by atoms with Crippen molar-refractivity contribution in [2.45, 2.75) is 32.5 Å². The Hall–Kier alpha value is -4.67. The second-order valence-corrected chi connectivity index (χ2v) is 8.70. The molecular weight excluding hydrogens is 478 g/mol. The number of ether oxygens (including phenoxy) is 2. The van der Waals surface area contributed by atoms with Crippen molar-refractivity contribution >= 4 is 35.1 Å². The minimum Gasteiger partial charge on any atom is -0.496 e. The average molecular weight is 506 g/mol. The summed E-state index contributed by atoms with van der Waals surface area (Å²) in [6.07, 6.45) is 1.35. The number of esters is 1. The Morgan fingerprint density at radius 2 is 1.78 bits per heavy atom. The molecule has 0 fully saturated rings. The number of hydrogen-bond donors (Lipinski definition) is 2. The minimum absolute atomic E-state index is 0.0211. The van der Waals surface area contributed by atoms with Crippen molar-refractivity contribution in [1.82, 2.24) is 14.9 Å². The van der Waals surface area contributed by atoms with E-state index in [9.17, 15) is 19.2 Å². The number of nitrogens with zero attached hydrogens (tertiary/aromatic N) is 3. The lowest BCUT2D eigenvalue weighted by Gasteiger charge is -2.43. The minimum atomic E-state index is -1.39. The number of aromatic nitrogens is 2. The second kappa shape index (κ2) is 10.1. The van der Waals surface area contributed by atoms with Gasteiger partial charge in [-0.15, -0.1) is 0 Å². The molecule has 0 saturated heterocycles. The highest BCUT2D eigenvalue weighted by Crippen LogP contribution is 2.34. The van der Waals surface area contributed by atoms with Crippen molar-refractivity contribution in [2.24, 2.45) is 0 Å². The van der Waals surface area contributed by atoms with Crippen LogP contribution in [0, 0.1) is 0 Å². The molecule has 2 N–H and O–H groups in total. The van der Waals surface area contributed by atoms with Gasteiger partial charge in [-0.2, -0.15) is 0 Å². The molecule has 37 heavy (non-hydrogen) atoms. The molecule has 2 aromatic carbocycles. The SMILES string of the molecule is COC(=O)c1ncn2c1C(=O)N(c1ccc(NC(C)=O)cc1)[C@@](C)(C(=O)NCc1ccccc1OC)C2. The van der Waals surface area contributed by atoms with E-state index in [1.165, 1.54) is 29.8 Å². The number of fused-ring (bicyclic) bond motifs is 1. The highest BCUT2D eigenvalue weighted by Gasteiger charge is 2.49. The summed E-state index contributed by atoms with van der Waals surface area (Å²) in [5.41, 5.74) is 0.194. The van der Waals surface area contributed by atoms with Gasteiger partial charge in [0.25, 0.3) is 5.91 Å². The van der Waals surface area contributed by atoms with E-state index in [0.29, 0.717) is 17.1 Å². The molecule has 3 amide bonds. The van der Waals surface area contributed by atoms with Gasteiger partial charge in [0, 0.05) is 30.4 Å². The molecule has 4 rings (SSSR count). The van der Waals surface area contributed by atoms with E-state index < -0.39 is 23.3 Å². The molecule has 11 nitrogen and oxygen atoms in total. The molecular formula is C26H27N5O6. The van der Waals surface area contributed by atoms with Crippen LogP contribution in [0.25, 0.3) is 0 Å². The van der Waals surface area contributed by atoms with E-state index in [1.807, 2.05) is 18.2 Å². The number of hydrogen-bond acceptors (Lipinski definition) is 7. The average Bonchev–Trinajstić information content (AvgIpc) is 3.31. The lowest BCUT2D eigenvalue weighted by Crippen LogP contribution is -2.64. The van der Waals surface area contributed by atoms with Crippen LogP contribution in [0.3, 0.4) is 0 Å².